The lowest BCUT2D eigenvalue weighted by atomic mass is 10.2. The van der Waals surface area contributed by atoms with Crippen molar-refractivity contribution < 1.29 is 0 Å². The van der Waals surface area contributed by atoms with E-state index in [0.29, 0.717) is 0 Å². The molecule has 1 aromatic rings. The van der Waals surface area contributed by atoms with E-state index in [0.717, 1.165) is 37.7 Å². The van der Waals surface area contributed by atoms with Crippen LogP contribution >= 0.6 is 0 Å². The second-order valence-electron chi connectivity index (χ2n) is 3.79. The molecule has 1 fully saturated rings. The van der Waals surface area contributed by atoms with Gasteiger partial charge >= 0.3 is 0 Å². The Morgan fingerprint density at radius 3 is 2.67 bits per heavy atom. The number of rotatable bonds is 2. The quantitative estimate of drug-likeness (QED) is 0.709. The molecule has 1 saturated heterocycles. The van der Waals surface area contributed by atoms with Gasteiger partial charge in [0.1, 0.15) is 0 Å². The predicted octanol–water partition coefficient (Wildman–Crippen LogP) is -0.0941. The maximum atomic E-state index is 5.88. The van der Waals surface area contributed by atoms with E-state index in [4.69, 9.17) is 5.73 Å². The number of hydrogen-bond donors (Lipinski definition) is 2. The molecule has 1 unspecified atom stereocenters. The van der Waals surface area contributed by atoms with Gasteiger partial charge in [-0.25, -0.2) is 4.98 Å². The lowest BCUT2D eigenvalue weighted by molar-refractivity contribution is 0.579. The van der Waals surface area contributed by atoms with Crippen LogP contribution in [0.5, 0.6) is 0 Å². The Kier molecular flexibility index (Phi) is 3.13. The molecule has 82 valence electrons. The third kappa shape index (κ3) is 2.24. The number of hydrogen-bond acceptors (Lipinski definition) is 5. The van der Waals surface area contributed by atoms with Crippen molar-refractivity contribution in [3.05, 3.63) is 18.1 Å². The van der Waals surface area contributed by atoms with Crippen molar-refractivity contribution in [1.29, 1.82) is 0 Å². The molecule has 1 aliphatic heterocycles. The fourth-order valence-electron chi connectivity index (χ4n) is 1.78. The van der Waals surface area contributed by atoms with Crippen molar-refractivity contribution in [2.75, 3.05) is 31.1 Å². The van der Waals surface area contributed by atoms with Gasteiger partial charge in [-0.05, 0) is 6.92 Å². The van der Waals surface area contributed by atoms with E-state index in [9.17, 15) is 0 Å². The summed E-state index contributed by atoms with van der Waals surface area (Å²) in [6, 6.07) is -0.0661. The molecule has 0 aromatic carbocycles. The Morgan fingerprint density at radius 1 is 1.33 bits per heavy atom. The fraction of sp³-hybridized carbons (Fsp3) is 0.600. The molecule has 0 aliphatic carbocycles. The molecule has 15 heavy (non-hydrogen) atoms. The molecule has 0 spiro atoms. The van der Waals surface area contributed by atoms with Gasteiger partial charge in [0, 0.05) is 44.6 Å². The molecular formula is C10H17N5. The van der Waals surface area contributed by atoms with Crippen LogP contribution in [0.25, 0.3) is 0 Å². The average molecular weight is 207 g/mol. The molecule has 0 amide bonds. The SMILES string of the molecule is CC(N)c1nccnc1N1CCNCC1. The minimum Gasteiger partial charge on any atom is -0.353 e. The molecule has 0 bridgehead atoms. The topological polar surface area (TPSA) is 67.1 Å². The number of anilines is 1. The number of piperazine rings is 1. The Balaban J connectivity index is 2.25. The first-order valence-electron chi connectivity index (χ1n) is 5.31. The normalized spacial score (nSPS) is 18.9. The highest BCUT2D eigenvalue weighted by Gasteiger charge is 2.17. The van der Waals surface area contributed by atoms with Crippen LogP contribution < -0.4 is 16.0 Å². The lowest BCUT2D eigenvalue weighted by Gasteiger charge is -2.30. The zero-order valence-electron chi connectivity index (χ0n) is 8.98. The molecule has 1 aromatic heterocycles. The highest BCUT2D eigenvalue weighted by atomic mass is 15.2. The molecule has 5 heteroatoms. The van der Waals surface area contributed by atoms with E-state index in [1.54, 1.807) is 12.4 Å². The van der Waals surface area contributed by atoms with E-state index < -0.39 is 0 Å². The highest BCUT2D eigenvalue weighted by Crippen LogP contribution is 2.19. The standard InChI is InChI=1S/C10H17N5/c1-8(11)9-10(14-3-2-13-9)15-6-4-12-5-7-15/h2-3,8,12H,4-7,11H2,1H3. The number of nitrogens with zero attached hydrogens (tertiary/aromatic N) is 3. The van der Waals surface area contributed by atoms with Crippen LogP contribution in [0, 0.1) is 0 Å². The van der Waals surface area contributed by atoms with Gasteiger partial charge in [-0.2, -0.15) is 0 Å². The summed E-state index contributed by atoms with van der Waals surface area (Å²) in [4.78, 5) is 10.9. The van der Waals surface area contributed by atoms with Crippen molar-refractivity contribution in [2.24, 2.45) is 5.73 Å². The van der Waals surface area contributed by atoms with Gasteiger partial charge < -0.3 is 16.0 Å². The van der Waals surface area contributed by atoms with Crippen molar-refractivity contribution in [2.45, 2.75) is 13.0 Å². The molecular weight excluding hydrogens is 190 g/mol. The minimum absolute atomic E-state index is 0.0661. The van der Waals surface area contributed by atoms with E-state index in [2.05, 4.69) is 20.2 Å². The molecule has 1 aliphatic rings. The van der Waals surface area contributed by atoms with Crippen LogP contribution in [0.15, 0.2) is 12.4 Å². The van der Waals surface area contributed by atoms with Crippen molar-refractivity contribution in [1.82, 2.24) is 15.3 Å². The maximum absolute atomic E-state index is 5.88. The first kappa shape index (κ1) is 10.3. The van der Waals surface area contributed by atoms with E-state index in [1.165, 1.54) is 0 Å². The molecule has 1 atom stereocenters. The van der Waals surface area contributed by atoms with Gasteiger partial charge in [0.15, 0.2) is 5.82 Å². The molecule has 2 rings (SSSR count). The van der Waals surface area contributed by atoms with E-state index in [1.807, 2.05) is 6.92 Å². The Bertz CT molecular complexity index is 319. The van der Waals surface area contributed by atoms with Crippen molar-refractivity contribution in [3.63, 3.8) is 0 Å². The van der Waals surface area contributed by atoms with E-state index in [-0.39, 0.29) is 6.04 Å². The average Bonchev–Trinajstić information content (AvgIpc) is 2.30. The van der Waals surface area contributed by atoms with Crippen LogP contribution in [0.4, 0.5) is 5.82 Å². The monoisotopic (exact) mass is 207 g/mol. The van der Waals surface area contributed by atoms with E-state index >= 15 is 0 Å². The summed E-state index contributed by atoms with van der Waals surface area (Å²) in [5.74, 6) is 0.939. The summed E-state index contributed by atoms with van der Waals surface area (Å²) in [7, 11) is 0. The van der Waals surface area contributed by atoms with Gasteiger partial charge in [-0.3, -0.25) is 4.98 Å². The molecule has 0 saturated carbocycles. The van der Waals surface area contributed by atoms with Crippen LogP contribution in [0.2, 0.25) is 0 Å². The zero-order valence-corrected chi connectivity index (χ0v) is 8.98. The fourth-order valence-corrected chi connectivity index (χ4v) is 1.78. The maximum Gasteiger partial charge on any atom is 0.152 e. The van der Waals surface area contributed by atoms with Crippen molar-refractivity contribution >= 4 is 5.82 Å². The largest absolute Gasteiger partial charge is 0.353 e. The zero-order chi connectivity index (χ0) is 10.7. The summed E-state index contributed by atoms with van der Waals surface area (Å²) in [6.45, 7) is 5.87. The van der Waals surface area contributed by atoms with Gasteiger partial charge in [-0.15, -0.1) is 0 Å². The van der Waals surface area contributed by atoms with Crippen molar-refractivity contribution in [3.8, 4) is 0 Å². The summed E-state index contributed by atoms with van der Waals surface area (Å²) >= 11 is 0. The third-order valence-corrected chi connectivity index (χ3v) is 2.55. The van der Waals surface area contributed by atoms with Gasteiger partial charge in [0.05, 0.1) is 5.69 Å². The molecule has 0 radical (unpaired) electrons. The number of nitrogens with one attached hydrogen (secondary N) is 1. The lowest BCUT2D eigenvalue weighted by Crippen LogP contribution is -2.44. The Labute approximate surface area is 89.7 Å². The second kappa shape index (κ2) is 4.55. The highest BCUT2D eigenvalue weighted by molar-refractivity contribution is 5.44. The van der Waals surface area contributed by atoms with Gasteiger partial charge in [0.2, 0.25) is 0 Å². The number of aromatic nitrogens is 2. The number of nitrogens with two attached hydrogens (primary N) is 1. The minimum atomic E-state index is -0.0661. The smallest absolute Gasteiger partial charge is 0.152 e. The third-order valence-electron chi connectivity index (χ3n) is 2.55. The first-order chi connectivity index (χ1) is 7.29. The molecule has 3 N–H and O–H groups in total. The van der Waals surface area contributed by atoms with Gasteiger partial charge in [0.25, 0.3) is 0 Å². The summed E-state index contributed by atoms with van der Waals surface area (Å²) < 4.78 is 0. The van der Waals surface area contributed by atoms with Crippen LogP contribution in [0.1, 0.15) is 18.7 Å². The first-order valence-corrected chi connectivity index (χ1v) is 5.31. The summed E-state index contributed by atoms with van der Waals surface area (Å²) in [5.41, 5.74) is 6.76. The Morgan fingerprint density at radius 2 is 2.00 bits per heavy atom. The molecule has 5 nitrogen and oxygen atoms in total. The second-order valence-corrected chi connectivity index (χ2v) is 3.79. The van der Waals surface area contributed by atoms with Crippen LogP contribution in [0.3, 0.4) is 0 Å². The Hall–Kier alpha value is -1.20. The predicted molar refractivity (Wildman–Crippen MR) is 59.7 cm³/mol. The summed E-state index contributed by atoms with van der Waals surface area (Å²) in [6.07, 6.45) is 3.42. The van der Waals surface area contributed by atoms with Crippen LogP contribution in [-0.4, -0.2) is 36.1 Å². The van der Waals surface area contributed by atoms with Gasteiger partial charge in [-0.1, -0.05) is 0 Å². The summed E-state index contributed by atoms with van der Waals surface area (Å²) in [5, 5.41) is 3.31. The molecule has 2 heterocycles. The van der Waals surface area contributed by atoms with Crippen LogP contribution in [-0.2, 0) is 0 Å².